The molecule has 0 bridgehead atoms. The summed E-state index contributed by atoms with van der Waals surface area (Å²) in [4.78, 5) is 10.0. The van der Waals surface area contributed by atoms with Crippen molar-refractivity contribution in [3.05, 3.63) is 36.5 Å². The molecule has 0 spiro atoms. The first kappa shape index (κ1) is 11.5. The maximum absolute atomic E-state index is 10.0. The van der Waals surface area contributed by atoms with Crippen molar-refractivity contribution in [1.82, 2.24) is 5.32 Å². The van der Waals surface area contributed by atoms with Crippen LogP contribution in [-0.4, -0.2) is 17.7 Å². The Bertz CT molecular complexity index is 229. The Kier molecular flexibility index (Phi) is 6.32. The third-order valence-electron chi connectivity index (χ3n) is 1.22. The van der Waals surface area contributed by atoms with E-state index in [1.807, 2.05) is 31.2 Å². The van der Waals surface area contributed by atoms with Crippen LogP contribution in [0.4, 0.5) is 4.79 Å². The van der Waals surface area contributed by atoms with E-state index in [0.717, 1.165) is 5.57 Å². The van der Waals surface area contributed by atoms with Crippen LogP contribution >= 0.6 is 0 Å². The Morgan fingerprint density at radius 3 is 2.77 bits per heavy atom. The van der Waals surface area contributed by atoms with Crippen molar-refractivity contribution >= 4 is 6.09 Å². The van der Waals surface area contributed by atoms with Crippen LogP contribution in [-0.2, 0) is 0 Å². The van der Waals surface area contributed by atoms with Crippen molar-refractivity contribution in [1.29, 1.82) is 0 Å². The number of hydrogen-bond donors (Lipinski definition) is 2. The molecular weight excluding hydrogens is 166 g/mol. The lowest BCUT2D eigenvalue weighted by Gasteiger charge is -1.93. The minimum Gasteiger partial charge on any atom is -0.465 e. The number of nitrogens with one attached hydrogen (secondary N) is 1. The summed E-state index contributed by atoms with van der Waals surface area (Å²) >= 11 is 0. The summed E-state index contributed by atoms with van der Waals surface area (Å²) in [7, 11) is 0. The van der Waals surface area contributed by atoms with Gasteiger partial charge in [0.2, 0.25) is 0 Å². The lowest BCUT2D eigenvalue weighted by molar-refractivity contribution is 0.194. The molecule has 0 unspecified atom stereocenters. The number of rotatable bonds is 5. The van der Waals surface area contributed by atoms with Crippen molar-refractivity contribution in [3.8, 4) is 0 Å². The molecule has 72 valence electrons. The topological polar surface area (TPSA) is 49.3 Å². The van der Waals surface area contributed by atoms with Gasteiger partial charge in [-0.3, -0.25) is 0 Å². The summed E-state index contributed by atoms with van der Waals surface area (Å²) in [6.07, 6.45) is 7.26. The number of carboxylic acid groups (broad SMARTS) is 1. The highest BCUT2D eigenvalue weighted by Gasteiger charge is 1.88. The van der Waals surface area contributed by atoms with E-state index >= 15 is 0 Å². The van der Waals surface area contributed by atoms with Gasteiger partial charge >= 0.3 is 6.09 Å². The molecule has 0 saturated carbocycles. The van der Waals surface area contributed by atoms with Gasteiger partial charge in [-0.1, -0.05) is 36.5 Å². The average molecular weight is 181 g/mol. The molecule has 3 heteroatoms. The molecule has 0 aromatic carbocycles. The molecule has 3 nitrogen and oxygen atoms in total. The van der Waals surface area contributed by atoms with E-state index in [1.54, 1.807) is 0 Å². The third-order valence-corrected chi connectivity index (χ3v) is 1.22. The van der Waals surface area contributed by atoms with Gasteiger partial charge in [-0.25, -0.2) is 4.79 Å². The molecule has 0 rings (SSSR count). The molecule has 13 heavy (non-hydrogen) atoms. The zero-order valence-corrected chi connectivity index (χ0v) is 7.79. The second kappa shape index (κ2) is 7.16. The Balaban J connectivity index is 3.42. The zero-order chi connectivity index (χ0) is 10.1. The van der Waals surface area contributed by atoms with E-state index in [1.165, 1.54) is 0 Å². The fourth-order valence-corrected chi connectivity index (χ4v) is 0.657. The second-order valence-electron chi connectivity index (χ2n) is 2.65. The molecule has 0 heterocycles. The molecule has 0 radical (unpaired) electrons. The van der Waals surface area contributed by atoms with Crippen LogP contribution in [0, 0.1) is 0 Å². The molecule has 0 aliphatic carbocycles. The lowest BCUT2D eigenvalue weighted by atomic mass is 10.3. The molecule has 2 N–H and O–H groups in total. The highest BCUT2D eigenvalue weighted by Crippen LogP contribution is 1.90. The first-order chi connectivity index (χ1) is 6.13. The Morgan fingerprint density at radius 1 is 1.54 bits per heavy atom. The van der Waals surface area contributed by atoms with Gasteiger partial charge in [-0.15, -0.1) is 0 Å². The number of amides is 1. The maximum Gasteiger partial charge on any atom is 0.404 e. The van der Waals surface area contributed by atoms with Crippen LogP contribution in [0.5, 0.6) is 0 Å². The minimum absolute atomic E-state index is 0.451. The molecule has 0 aliphatic heterocycles. The first-order valence-electron chi connectivity index (χ1n) is 4.08. The predicted octanol–water partition coefficient (Wildman–Crippen LogP) is 2.33. The monoisotopic (exact) mass is 181 g/mol. The minimum atomic E-state index is -0.981. The van der Waals surface area contributed by atoms with Crippen molar-refractivity contribution in [2.75, 3.05) is 6.54 Å². The summed E-state index contributed by atoms with van der Waals surface area (Å²) in [5.74, 6) is 0. The number of allylic oxidation sites excluding steroid dienone is 4. The number of hydrogen-bond acceptors (Lipinski definition) is 1. The zero-order valence-electron chi connectivity index (χ0n) is 7.79. The molecule has 0 aromatic rings. The summed E-state index contributed by atoms with van der Waals surface area (Å²) < 4.78 is 0. The standard InChI is InChI=1S/C10H15NO2/c1-9(2)7-5-3-4-6-8-11-10(12)13/h3-5,7,11H,1,6,8H2,2H3,(H,12,13)/b4-3-,7-5-. The van der Waals surface area contributed by atoms with Gasteiger partial charge in [0.05, 0.1) is 0 Å². The average Bonchev–Trinajstić information content (AvgIpc) is 2.01. The molecular formula is C10H15NO2. The van der Waals surface area contributed by atoms with Gasteiger partial charge in [0.15, 0.2) is 0 Å². The molecule has 0 atom stereocenters. The highest BCUT2D eigenvalue weighted by molar-refractivity contribution is 5.64. The molecule has 0 fully saturated rings. The Morgan fingerprint density at radius 2 is 2.23 bits per heavy atom. The Hall–Kier alpha value is -1.51. The van der Waals surface area contributed by atoms with Gasteiger partial charge in [0.25, 0.3) is 0 Å². The fourth-order valence-electron chi connectivity index (χ4n) is 0.657. The van der Waals surface area contributed by atoms with Crippen LogP contribution in [0.25, 0.3) is 0 Å². The van der Waals surface area contributed by atoms with Crippen LogP contribution in [0.15, 0.2) is 36.5 Å². The predicted molar refractivity (Wildman–Crippen MR) is 53.7 cm³/mol. The van der Waals surface area contributed by atoms with Crippen molar-refractivity contribution in [2.24, 2.45) is 0 Å². The van der Waals surface area contributed by atoms with Crippen molar-refractivity contribution < 1.29 is 9.90 Å². The summed E-state index contributed by atoms with van der Waals surface area (Å²) in [6.45, 7) is 6.07. The van der Waals surface area contributed by atoms with Crippen molar-refractivity contribution in [3.63, 3.8) is 0 Å². The number of carbonyl (C=O) groups is 1. The molecule has 1 amide bonds. The summed E-state index contributed by atoms with van der Waals surface area (Å²) in [6, 6.07) is 0. The maximum atomic E-state index is 10.0. The van der Waals surface area contributed by atoms with Gasteiger partial charge in [-0.05, 0) is 13.3 Å². The van der Waals surface area contributed by atoms with E-state index in [-0.39, 0.29) is 0 Å². The van der Waals surface area contributed by atoms with E-state index < -0.39 is 6.09 Å². The Labute approximate surface area is 78.5 Å². The SMILES string of the molecule is C=C(C)/C=C\C=C/CCNC(=O)O. The van der Waals surface area contributed by atoms with E-state index in [4.69, 9.17) is 5.11 Å². The highest BCUT2D eigenvalue weighted by atomic mass is 16.4. The molecule has 0 saturated heterocycles. The van der Waals surface area contributed by atoms with Gasteiger partial charge in [-0.2, -0.15) is 0 Å². The van der Waals surface area contributed by atoms with E-state index in [0.29, 0.717) is 13.0 Å². The second-order valence-corrected chi connectivity index (χ2v) is 2.65. The summed E-state index contributed by atoms with van der Waals surface area (Å²) in [5, 5.41) is 10.5. The molecule has 0 aromatic heterocycles. The van der Waals surface area contributed by atoms with Gasteiger partial charge < -0.3 is 10.4 Å². The third kappa shape index (κ3) is 10.5. The van der Waals surface area contributed by atoms with Crippen LogP contribution in [0.3, 0.4) is 0 Å². The lowest BCUT2D eigenvalue weighted by Crippen LogP contribution is -2.21. The van der Waals surface area contributed by atoms with Gasteiger partial charge in [0.1, 0.15) is 0 Å². The smallest absolute Gasteiger partial charge is 0.404 e. The summed E-state index contributed by atoms with van der Waals surface area (Å²) in [5.41, 5.74) is 0.994. The molecule has 0 aliphatic rings. The van der Waals surface area contributed by atoms with Gasteiger partial charge in [0, 0.05) is 6.54 Å². The quantitative estimate of drug-likeness (QED) is 0.505. The van der Waals surface area contributed by atoms with Crippen LogP contribution in [0.1, 0.15) is 13.3 Å². The normalized spacial score (nSPS) is 10.8. The largest absolute Gasteiger partial charge is 0.465 e. The van der Waals surface area contributed by atoms with Crippen molar-refractivity contribution in [2.45, 2.75) is 13.3 Å². The first-order valence-corrected chi connectivity index (χ1v) is 4.08. The van der Waals surface area contributed by atoms with E-state index in [2.05, 4.69) is 11.9 Å². The van der Waals surface area contributed by atoms with Crippen LogP contribution < -0.4 is 5.32 Å². The van der Waals surface area contributed by atoms with Crippen LogP contribution in [0.2, 0.25) is 0 Å². The van der Waals surface area contributed by atoms with E-state index in [9.17, 15) is 4.79 Å². The fraction of sp³-hybridized carbons (Fsp3) is 0.300.